The first kappa shape index (κ1) is 19.1. The lowest BCUT2D eigenvalue weighted by Gasteiger charge is -2.09. The van der Waals surface area contributed by atoms with Crippen molar-refractivity contribution in [3.63, 3.8) is 0 Å². The standard InChI is InChI=1S/C20H18N2O3S2/c1-12(23)18-17(13-7-5-4-6-8-13)21-20(27-18)22-19(24)15-10-9-14(26-3)11-16(15)25-2/h4-11H,1-3H3,(H,21,22,24). The predicted molar refractivity (Wildman–Crippen MR) is 110 cm³/mol. The molecule has 0 unspecified atom stereocenters. The lowest BCUT2D eigenvalue weighted by Crippen LogP contribution is -2.13. The molecule has 1 heterocycles. The number of ether oxygens (including phenoxy) is 1. The quantitative estimate of drug-likeness (QED) is 0.468. The van der Waals surface area contributed by atoms with Gasteiger partial charge in [0.15, 0.2) is 10.9 Å². The molecule has 0 fully saturated rings. The Hall–Kier alpha value is -2.64. The fraction of sp³-hybridized carbons (Fsp3) is 0.150. The summed E-state index contributed by atoms with van der Waals surface area (Å²) in [6.45, 7) is 1.50. The van der Waals surface area contributed by atoms with Crippen molar-refractivity contribution in [3.8, 4) is 17.0 Å². The molecule has 27 heavy (non-hydrogen) atoms. The van der Waals surface area contributed by atoms with Crippen LogP contribution in [0.25, 0.3) is 11.3 Å². The number of rotatable bonds is 6. The van der Waals surface area contributed by atoms with Crippen molar-refractivity contribution in [2.24, 2.45) is 0 Å². The van der Waals surface area contributed by atoms with Gasteiger partial charge in [0.25, 0.3) is 5.91 Å². The van der Waals surface area contributed by atoms with Gasteiger partial charge in [-0.1, -0.05) is 41.7 Å². The van der Waals surface area contributed by atoms with E-state index in [-0.39, 0.29) is 11.7 Å². The number of benzene rings is 2. The van der Waals surface area contributed by atoms with E-state index in [1.54, 1.807) is 17.8 Å². The molecule has 0 aliphatic heterocycles. The van der Waals surface area contributed by atoms with Gasteiger partial charge in [-0.25, -0.2) is 4.98 Å². The lowest BCUT2D eigenvalue weighted by atomic mass is 10.1. The summed E-state index contributed by atoms with van der Waals surface area (Å²) in [7, 11) is 1.53. The Morgan fingerprint density at radius 3 is 2.52 bits per heavy atom. The van der Waals surface area contributed by atoms with Gasteiger partial charge in [0.1, 0.15) is 5.75 Å². The van der Waals surface area contributed by atoms with Gasteiger partial charge in [-0.3, -0.25) is 14.9 Å². The van der Waals surface area contributed by atoms with Gasteiger partial charge in [-0.15, -0.1) is 11.8 Å². The van der Waals surface area contributed by atoms with Gasteiger partial charge in [0.05, 0.1) is 23.2 Å². The van der Waals surface area contributed by atoms with E-state index in [0.717, 1.165) is 10.5 Å². The summed E-state index contributed by atoms with van der Waals surface area (Å²) in [5, 5.41) is 3.16. The number of carbonyl (C=O) groups excluding carboxylic acids is 2. The number of hydrogen-bond acceptors (Lipinski definition) is 6. The van der Waals surface area contributed by atoms with Crippen LogP contribution in [-0.2, 0) is 0 Å². The number of Topliss-reactive ketones (excluding diaryl/α,β-unsaturated/α-hetero) is 1. The summed E-state index contributed by atoms with van der Waals surface area (Å²) in [6.07, 6.45) is 1.96. The van der Waals surface area contributed by atoms with Gasteiger partial charge in [-0.2, -0.15) is 0 Å². The zero-order chi connectivity index (χ0) is 19.4. The van der Waals surface area contributed by atoms with Gasteiger partial charge in [0.2, 0.25) is 0 Å². The van der Waals surface area contributed by atoms with Crippen LogP contribution in [0.2, 0.25) is 0 Å². The molecule has 0 bridgehead atoms. The highest BCUT2D eigenvalue weighted by Gasteiger charge is 2.19. The molecular formula is C20H18N2O3S2. The van der Waals surface area contributed by atoms with Crippen LogP contribution < -0.4 is 10.1 Å². The lowest BCUT2D eigenvalue weighted by molar-refractivity contribution is 0.101. The van der Waals surface area contributed by atoms with Gasteiger partial charge in [-0.05, 0) is 24.5 Å². The second-order valence-corrected chi connectivity index (χ2v) is 7.52. The van der Waals surface area contributed by atoms with Crippen LogP contribution in [0.1, 0.15) is 27.0 Å². The molecule has 5 nitrogen and oxygen atoms in total. The number of carbonyl (C=O) groups is 2. The monoisotopic (exact) mass is 398 g/mol. The highest BCUT2D eigenvalue weighted by molar-refractivity contribution is 7.98. The number of thiazole rings is 1. The first-order valence-corrected chi connectivity index (χ1v) is 10.2. The smallest absolute Gasteiger partial charge is 0.261 e. The van der Waals surface area contributed by atoms with Crippen LogP contribution >= 0.6 is 23.1 Å². The van der Waals surface area contributed by atoms with E-state index in [9.17, 15) is 9.59 Å². The summed E-state index contributed by atoms with van der Waals surface area (Å²) >= 11 is 2.74. The highest BCUT2D eigenvalue weighted by Crippen LogP contribution is 2.32. The van der Waals surface area contributed by atoms with Crippen LogP contribution in [0, 0.1) is 0 Å². The first-order chi connectivity index (χ1) is 13.0. The minimum atomic E-state index is -0.331. The maximum atomic E-state index is 12.7. The van der Waals surface area contributed by atoms with E-state index in [4.69, 9.17) is 4.74 Å². The second-order valence-electron chi connectivity index (χ2n) is 5.64. The zero-order valence-corrected chi connectivity index (χ0v) is 16.7. The van der Waals surface area contributed by atoms with Crippen molar-refractivity contribution in [1.82, 2.24) is 4.98 Å². The van der Waals surface area contributed by atoms with Crippen molar-refractivity contribution >= 4 is 39.9 Å². The summed E-state index contributed by atoms with van der Waals surface area (Å²) in [4.78, 5) is 30.7. The third-order valence-electron chi connectivity index (χ3n) is 3.87. The van der Waals surface area contributed by atoms with Crippen molar-refractivity contribution < 1.29 is 14.3 Å². The highest BCUT2D eigenvalue weighted by atomic mass is 32.2. The molecule has 2 aromatic carbocycles. The molecule has 0 aliphatic rings. The maximum absolute atomic E-state index is 12.7. The molecule has 1 N–H and O–H groups in total. The minimum Gasteiger partial charge on any atom is -0.496 e. The zero-order valence-electron chi connectivity index (χ0n) is 15.1. The summed E-state index contributed by atoms with van der Waals surface area (Å²) in [5.41, 5.74) is 1.82. The topological polar surface area (TPSA) is 68.3 Å². The van der Waals surface area contributed by atoms with Gasteiger partial charge < -0.3 is 4.74 Å². The Labute approximate surface area is 165 Å². The summed E-state index contributed by atoms with van der Waals surface area (Å²) in [6, 6.07) is 14.8. The van der Waals surface area contributed by atoms with Crippen molar-refractivity contribution in [3.05, 3.63) is 59.0 Å². The van der Waals surface area contributed by atoms with Crippen molar-refractivity contribution in [2.45, 2.75) is 11.8 Å². The third-order valence-corrected chi connectivity index (χ3v) is 5.66. The average Bonchev–Trinajstić information content (AvgIpc) is 3.12. The fourth-order valence-electron chi connectivity index (χ4n) is 2.55. The molecule has 1 aromatic heterocycles. The maximum Gasteiger partial charge on any atom is 0.261 e. The van der Waals surface area contributed by atoms with E-state index >= 15 is 0 Å². The van der Waals surface area contributed by atoms with Crippen molar-refractivity contribution in [2.75, 3.05) is 18.7 Å². The van der Waals surface area contributed by atoms with Crippen LogP contribution in [0.15, 0.2) is 53.4 Å². The van der Waals surface area contributed by atoms with E-state index in [1.807, 2.05) is 48.7 Å². The van der Waals surface area contributed by atoms with Crippen molar-refractivity contribution in [1.29, 1.82) is 0 Å². The number of nitrogens with one attached hydrogen (secondary N) is 1. The molecule has 0 atom stereocenters. The normalized spacial score (nSPS) is 10.5. The number of thioether (sulfide) groups is 1. The van der Waals surface area contributed by atoms with Crippen LogP contribution in [0.3, 0.4) is 0 Å². The molecule has 1 amide bonds. The van der Waals surface area contributed by atoms with Crippen LogP contribution in [0.5, 0.6) is 5.75 Å². The number of anilines is 1. The van der Waals surface area contributed by atoms with E-state index in [0.29, 0.717) is 27.0 Å². The molecule has 138 valence electrons. The third kappa shape index (κ3) is 4.20. The first-order valence-electron chi connectivity index (χ1n) is 8.14. The Morgan fingerprint density at radius 2 is 1.89 bits per heavy atom. The SMILES string of the molecule is COc1cc(SC)ccc1C(=O)Nc1nc(-c2ccccc2)c(C(C)=O)s1. The second kappa shape index (κ2) is 8.37. The van der Waals surface area contributed by atoms with E-state index in [1.165, 1.54) is 25.4 Å². The minimum absolute atomic E-state index is 0.0891. The van der Waals surface area contributed by atoms with E-state index < -0.39 is 0 Å². The molecular weight excluding hydrogens is 380 g/mol. The average molecular weight is 399 g/mol. The molecule has 0 radical (unpaired) electrons. The summed E-state index contributed by atoms with van der Waals surface area (Å²) in [5.74, 6) is 0.0719. The molecule has 0 spiro atoms. The molecule has 0 aliphatic carbocycles. The van der Waals surface area contributed by atoms with Crippen LogP contribution in [-0.4, -0.2) is 30.0 Å². The molecule has 0 saturated heterocycles. The largest absolute Gasteiger partial charge is 0.496 e. The molecule has 0 saturated carbocycles. The van der Waals surface area contributed by atoms with Crippen LogP contribution in [0.4, 0.5) is 5.13 Å². The number of hydrogen-bond donors (Lipinski definition) is 1. The number of ketones is 1. The molecule has 7 heteroatoms. The Balaban J connectivity index is 1.92. The molecule has 3 aromatic rings. The summed E-state index contributed by atoms with van der Waals surface area (Å²) < 4.78 is 5.34. The van der Waals surface area contributed by atoms with Gasteiger partial charge >= 0.3 is 0 Å². The predicted octanol–water partition coefficient (Wildman–Crippen LogP) is 5.00. The van der Waals surface area contributed by atoms with E-state index in [2.05, 4.69) is 10.3 Å². The Kier molecular flexibility index (Phi) is 5.93. The number of amides is 1. The number of methoxy groups -OCH3 is 1. The Morgan fingerprint density at radius 1 is 1.15 bits per heavy atom. The Bertz CT molecular complexity index is 984. The number of aromatic nitrogens is 1. The molecule has 3 rings (SSSR count). The number of nitrogens with zero attached hydrogens (tertiary/aromatic N) is 1. The fourth-order valence-corrected chi connectivity index (χ4v) is 3.86. The van der Waals surface area contributed by atoms with Gasteiger partial charge in [0, 0.05) is 17.4 Å².